The van der Waals surface area contributed by atoms with Gasteiger partial charge in [-0.3, -0.25) is 4.79 Å². The van der Waals surface area contributed by atoms with E-state index in [-0.39, 0.29) is 11.4 Å². The summed E-state index contributed by atoms with van der Waals surface area (Å²) in [6.07, 6.45) is 1.66. The minimum Gasteiger partial charge on any atom is -0.305 e. The van der Waals surface area contributed by atoms with E-state index in [1.165, 1.54) is 0 Å². The summed E-state index contributed by atoms with van der Waals surface area (Å²) in [7, 11) is 0. The van der Waals surface area contributed by atoms with E-state index in [1.54, 1.807) is 16.9 Å². The quantitative estimate of drug-likeness (QED) is 0.805. The van der Waals surface area contributed by atoms with Gasteiger partial charge in [-0.25, -0.2) is 13.5 Å². The van der Waals surface area contributed by atoms with Crippen LogP contribution in [0.4, 0.5) is 14.6 Å². The van der Waals surface area contributed by atoms with Crippen LogP contribution >= 0.6 is 0 Å². The molecule has 0 spiro atoms. The number of benzene rings is 2. The molecule has 0 radical (unpaired) electrons. The molecule has 0 saturated heterocycles. The summed E-state index contributed by atoms with van der Waals surface area (Å²) < 4.78 is 28.2. The molecule has 4 nitrogen and oxygen atoms in total. The van der Waals surface area contributed by atoms with Crippen LogP contribution < -0.4 is 5.32 Å². The molecule has 3 aromatic rings. The minimum atomic E-state index is -0.790. The highest BCUT2D eigenvalue weighted by molar-refractivity contribution is 6.03. The largest absolute Gasteiger partial charge is 0.305 e. The molecule has 2 aromatic carbocycles. The van der Waals surface area contributed by atoms with Crippen molar-refractivity contribution in [1.29, 1.82) is 0 Å². The van der Waals surface area contributed by atoms with Crippen molar-refractivity contribution in [1.82, 2.24) is 9.78 Å². The Kier molecular flexibility index (Phi) is 3.65. The number of rotatable bonds is 3. The number of amides is 1. The molecule has 6 heteroatoms. The SMILES string of the molecule is O=C(Nc1ccn(-c2ccccc2)n1)c1cc(F)ccc1F. The van der Waals surface area contributed by atoms with Gasteiger partial charge in [0.1, 0.15) is 11.6 Å². The topological polar surface area (TPSA) is 46.9 Å². The molecule has 0 saturated carbocycles. The van der Waals surface area contributed by atoms with Gasteiger partial charge in [0.15, 0.2) is 5.82 Å². The summed E-state index contributed by atoms with van der Waals surface area (Å²) in [5.41, 5.74) is 0.453. The maximum absolute atomic E-state index is 13.5. The van der Waals surface area contributed by atoms with Crippen LogP contribution in [-0.4, -0.2) is 15.7 Å². The van der Waals surface area contributed by atoms with Crippen molar-refractivity contribution >= 4 is 11.7 Å². The van der Waals surface area contributed by atoms with E-state index in [1.807, 2.05) is 30.3 Å². The first-order valence-corrected chi connectivity index (χ1v) is 6.51. The second kappa shape index (κ2) is 5.77. The van der Waals surface area contributed by atoms with E-state index in [0.717, 1.165) is 23.9 Å². The molecule has 0 aliphatic rings. The molecule has 0 unspecified atom stereocenters. The van der Waals surface area contributed by atoms with Crippen LogP contribution in [0.25, 0.3) is 5.69 Å². The fourth-order valence-electron chi connectivity index (χ4n) is 1.97. The first kappa shape index (κ1) is 13.9. The van der Waals surface area contributed by atoms with E-state index in [9.17, 15) is 13.6 Å². The van der Waals surface area contributed by atoms with Gasteiger partial charge in [-0.15, -0.1) is 0 Å². The molecule has 0 aliphatic carbocycles. The van der Waals surface area contributed by atoms with E-state index in [2.05, 4.69) is 10.4 Å². The third kappa shape index (κ3) is 2.85. The number of nitrogens with one attached hydrogen (secondary N) is 1. The molecule has 0 fully saturated rings. The fraction of sp³-hybridized carbons (Fsp3) is 0. The van der Waals surface area contributed by atoms with Gasteiger partial charge in [-0.1, -0.05) is 18.2 Å². The third-order valence-electron chi connectivity index (χ3n) is 3.02. The zero-order valence-corrected chi connectivity index (χ0v) is 11.3. The van der Waals surface area contributed by atoms with Gasteiger partial charge in [0.25, 0.3) is 5.91 Å². The van der Waals surface area contributed by atoms with Crippen molar-refractivity contribution in [2.24, 2.45) is 0 Å². The Morgan fingerprint density at radius 3 is 2.59 bits per heavy atom. The van der Waals surface area contributed by atoms with Crippen LogP contribution in [0, 0.1) is 11.6 Å². The number of nitrogens with zero attached hydrogens (tertiary/aromatic N) is 2. The molecular weight excluding hydrogens is 288 g/mol. The molecule has 1 N–H and O–H groups in total. The molecule has 0 bridgehead atoms. The summed E-state index contributed by atoms with van der Waals surface area (Å²) in [5.74, 6) is -1.98. The van der Waals surface area contributed by atoms with Gasteiger partial charge >= 0.3 is 0 Å². The van der Waals surface area contributed by atoms with Crippen molar-refractivity contribution in [2.45, 2.75) is 0 Å². The van der Waals surface area contributed by atoms with Crippen molar-refractivity contribution < 1.29 is 13.6 Å². The number of aromatic nitrogens is 2. The lowest BCUT2D eigenvalue weighted by atomic mass is 10.2. The van der Waals surface area contributed by atoms with Crippen molar-refractivity contribution in [3.05, 3.63) is 78.0 Å². The average Bonchev–Trinajstić information content (AvgIpc) is 2.99. The van der Waals surface area contributed by atoms with Gasteiger partial charge in [0.05, 0.1) is 11.3 Å². The van der Waals surface area contributed by atoms with Crippen molar-refractivity contribution in [2.75, 3.05) is 5.32 Å². The standard InChI is InChI=1S/C16H11F2N3O/c17-11-6-7-14(18)13(10-11)16(22)19-15-8-9-21(20-15)12-4-2-1-3-5-12/h1-10H,(H,19,20,22). The van der Waals surface area contributed by atoms with Crippen LogP contribution in [0.3, 0.4) is 0 Å². The lowest BCUT2D eigenvalue weighted by molar-refractivity contribution is 0.102. The second-order valence-electron chi connectivity index (χ2n) is 4.56. The highest BCUT2D eigenvalue weighted by Gasteiger charge is 2.14. The molecule has 3 rings (SSSR count). The Morgan fingerprint density at radius 2 is 1.82 bits per heavy atom. The molecule has 1 aromatic heterocycles. The molecule has 0 atom stereocenters. The Hall–Kier alpha value is -3.02. The maximum atomic E-state index is 13.5. The number of halogens is 2. The highest BCUT2D eigenvalue weighted by atomic mass is 19.1. The zero-order valence-electron chi connectivity index (χ0n) is 11.3. The zero-order chi connectivity index (χ0) is 15.5. The molecular formula is C16H11F2N3O. The number of hydrogen-bond donors (Lipinski definition) is 1. The first-order valence-electron chi connectivity index (χ1n) is 6.51. The van der Waals surface area contributed by atoms with Gasteiger partial charge in [-0.05, 0) is 30.3 Å². The maximum Gasteiger partial charge on any atom is 0.259 e. The predicted octanol–water partition coefficient (Wildman–Crippen LogP) is 3.40. The summed E-state index contributed by atoms with van der Waals surface area (Å²) in [5, 5.41) is 6.61. The number of carbonyl (C=O) groups is 1. The van der Waals surface area contributed by atoms with E-state index < -0.39 is 17.5 Å². The van der Waals surface area contributed by atoms with E-state index in [4.69, 9.17) is 0 Å². The van der Waals surface area contributed by atoms with Crippen LogP contribution in [-0.2, 0) is 0 Å². The van der Waals surface area contributed by atoms with Crippen LogP contribution in [0.15, 0.2) is 60.8 Å². The van der Waals surface area contributed by atoms with Gasteiger partial charge < -0.3 is 5.32 Å². The third-order valence-corrected chi connectivity index (χ3v) is 3.02. The number of para-hydroxylation sites is 1. The Morgan fingerprint density at radius 1 is 1.05 bits per heavy atom. The van der Waals surface area contributed by atoms with Crippen molar-refractivity contribution in [3.8, 4) is 5.69 Å². The Balaban J connectivity index is 1.81. The molecule has 110 valence electrons. The molecule has 1 heterocycles. The van der Waals surface area contributed by atoms with Crippen molar-refractivity contribution in [3.63, 3.8) is 0 Å². The number of hydrogen-bond acceptors (Lipinski definition) is 2. The lowest BCUT2D eigenvalue weighted by Crippen LogP contribution is -2.14. The average molecular weight is 299 g/mol. The Bertz CT molecular complexity index is 815. The number of anilines is 1. The summed E-state index contributed by atoms with van der Waals surface area (Å²) in [4.78, 5) is 12.0. The molecule has 0 aliphatic heterocycles. The van der Waals surface area contributed by atoms with Crippen LogP contribution in [0.2, 0.25) is 0 Å². The monoisotopic (exact) mass is 299 g/mol. The Labute approximate surface area is 125 Å². The van der Waals surface area contributed by atoms with E-state index >= 15 is 0 Å². The van der Waals surface area contributed by atoms with Crippen LogP contribution in [0.1, 0.15) is 10.4 Å². The smallest absolute Gasteiger partial charge is 0.259 e. The van der Waals surface area contributed by atoms with E-state index in [0.29, 0.717) is 0 Å². The van der Waals surface area contributed by atoms with Crippen LogP contribution in [0.5, 0.6) is 0 Å². The van der Waals surface area contributed by atoms with Gasteiger partial charge in [0.2, 0.25) is 0 Å². The number of carbonyl (C=O) groups excluding carboxylic acids is 1. The molecule has 1 amide bonds. The molecule has 22 heavy (non-hydrogen) atoms. The second-order valence-corrected chi connectivity index (χ2v) is 4.56. The summed E-state index contributed by atoms with van der Waals surface area (Å²) in [6.45, 7) is 0. The highest BCUT2D eigenvalue weighted by Crippen LogP contribution is 2.14. The fourth-order valence-corrected chi connectivity index (χ4v) is 1.97. The summed E-state index contributed by atoms with van der Waals surface area (Å²) >= 11 is 0. The predicted molar refractivity (Wildman–Crippen MR) is 77.9 cm³/mol. The van der Waals surface area contributed by atoms with Gasteiger partial charge in [0, 0.05) is 12.3 Å². The first-order chi connectivity index (χ1) is 10.6. The lowest BCUT2D eigenvalue weighted by Gasteiger charge is -2.04. The minimum absolute atomic E-state index is 0.248. The normalized spacial score (nSPS) is 10.5. The summed E-state index contributed by atoms with van der Waals surface area (Å²) in [6, 6.07) is 13.6. The van der Waals surface area contributed by atoms with Gasteiger partial charge in [-0.2, -0.15) is 5.10 Å².